The highest BCUT2D eigenvalue weighted by atomic mass is 79.9. The topological polar surface area (TPSA) is 90.1 Å². The molecule has 0 aliphatic rings. The van der Waals surface area contributed by atoms with Gasteiger partial charge in [-0.25, -0.2) is 10.2 Å². The maximum absolute atomic E-state index is 12.3. The highest BCUT2D eigenvalue weighted by Crippen LogP contribution is 2.36. The number of ether oxygens (including phenoxy) is 2. The minimum Gasteiger partial charge on any atom is -0.484 e. The Morgan fingerprint density at radius 1 is 1.05 bits per heavy atom. The van der Waals surface area contributed by atoms with Crippen LogP contribution in [0.15, 0.2) is 73.3 Å². The number of carbonyl (C=O) groups excluding carboxylic acids is 2. The van der Waals surface area contributed by atoms with E-state index in [4.69, 9.17) is 13.9 Å². The van der Waals surface area contributed by atoms with Gasteiger partial charge in [-0.1, -0.05) is 62.7 Å². The molecule has 0 saturated heterocycles. The van der Waals surface area contributed by atoms with Crippen molar-refractivity contribution in [2.24, 2.45) is 10.5 Å². The molecule has 3 rings (SSSR count). The van der Waals surface area contributed by atoms with Crippen LogP contribution in [-0.4, -0.2) is 24.7 Å². The molecule has 196 valence electrons. The zero-order valence-electron chi connectivity index (χ0n) is 21.4. The zero-order valence-corrected chi connectivity index (χ0v) is 24.6. The van der Waals surface area contributed by atoms with Gasteiger partial charge in [0.1, 0.15) is 5.75 Å². The summed E-state index contributed by atoms with van der Waals surface area (Å²) >= 11 is 6.78. The fourth-order valence-corrected chi connectivity index (χ4v) is 5.45. The van der Waals surface area contributed by atoms with Crippen molar-refractivity contribution < 1.29 is 23.5 Å². The van der Waals surface area contributed by atoms with Crippen LogP contribution in [0, 0.1) is 5.41 Å². The first kappa shape index (κ1) is 28.7. The van der Waals surface area contributed by atoms with Crippen LogP contribution >= 0.6 is 31.9 Å². The summed E-state index contributed by atoms with van der Waals surface area (Å²) in [5, 5.41) is 3.99. The quantitative estimate of drug-likeness (QED) is 0.116. The van der Waals surface area contributed by atoms with Crippen molar-refractivity contribution in [2.75, 3.05) is 6.61 Å². The molecule has 3 aromatic rings. The lowest BCUT2D eigenvalue weighted by Crippen LogP contribution is -2.25. The number of carbonyl (C=O) groups is 2. The Morgan fingerprint density at radius 3 is 2.38 bits per heavy atom. The molecule has 7 nitrogen and oxygen atoms in total. The Kier molecular flexibility index (Phi) is 9.36. The van der Waals surface area contributed by atoms with Crippen LogP contribution in [0.25, 0.3) is 0 Å². The Bertz CT molecular complexity index is 1260. The van der Waals surface area contributed by atoms with E-state index in [1.54, 1.807) is 18.2 Å². The van der Waals surface area contributed by atoms with Gasteiger partial charge in [-0.3, -0.25) is 4.79 Å². The molecule has 0 unspecified atom stereocenters. The molecule has 0 spiro atoms. The minimum absolute atomic E-state index is 0.0232. The lowest BCUT2D eigenvalue weighted by atomic mass is 9.72. The smallest absolute Gasteiger partial charge is 0.379 e. The zero-order chi connectivity index (χ0) is 27.2. The lowest BCUT2D eigenvalue weighted by Gasteiger charge is -2.33. The van der Waals surface area contributed by atoms with Crippen molar-refractivity contribution in [2.45, 2.75) is 46.5 Å². The van der Waals surface area contributed by atoms with Crippen LogP contribution in [-0.2, 0) is 10.2 Å². The molecule has 9 heteroatoms. The van der Waals surface area contributed by atoms with E-state index >= 15 is 0 Å². The molecule has 0 bridgehead atoms. The minimum atomic E-state index is -0.659. The second-order valence-corrected chi connectivity index (χ2v) is 12.2. The van der Waals surface area contributed by atoms with Crippen molar-refractivity contribution in [1.82, 2.24) is 5.43 Å². The number of nitrogens with zero attached hydrogens (tertiary/aromatic N) is 1. The Labute approximate surface area is 233 Å². The van der Waals surface area contributed by atoms with E-state index in [1.165, 1.54) is 24.1 Å². The number of esters is 1. The fourth-order valence-electron chi connectivity index (χ4n) is 4.11. The fraction of sp³-hybridized carbons (Fsp3) is 0.321. The second kappa shape index (κ2) is 12.1. The van der Waals surface area contributed by atoms with E-state index in [9.17, 15) is 9.59 Å². The number of halogens is 2. The van der Waals surface area contributed by atoms with E-state index in [0.717, 1.165) is 10.9 Å². The molecule has 0 saturated carbocycles. The number of furan rings is 1. The maximum Gasteiger partial charge on any atom is 0.379 e. The van der Waals surface area contributed by atoms with Crippen LogP contribution in [0.4, 0.5) is 0 Å². The van der Waals surface area contributed by atoms with Gasteiger partial charge in [0, 0.05) is 10.0 Å². The number of hydrogen-bond donors (Lipinski definition) is 1. The summed E-state index contributed by atoms with van der Waals surface area (Å²) in [7, 11) is 0. The molecule has 0 atom stereocenters. The SMILES string of the molecule is CC(C)(C)CC(C)(C)c1ccc(OCC(=O)N/N=C/c2cc(Br)cc(Br)c2OC(=O)c2ccco2)cc1. The third kappa shape index (κ3) is 8.57. The van der Waals surface area contributed by atoms with Gasteiger partial charge >= 0.3 is 5.97 Å². The highest BCUT2D eigenvalue weighted by Gasteiger charge is 2.27. The molecule has 1 N–H and O–H groups in total. The summed E-state index contributed by atoms with van der Waals surface area (Å²) in [5.41, 5.74) is 4.33. The molecule has 37 heavy (non-hydrogen) atoms. The average Bonchev–Trinajstić information content (AvgIpc) is 3.34. The number of rotatable bonds is 9. The number of hydrogen-bond acceptors (Lipinski definition) is 6. The van der Waals surface area contributed by atoms with Crippen molar-refractivity contribution in [3.8, 4) is 11.5 Å². The number of nitrogens with one attached hydrogen (secondary N) is 1. The van der Waals surface area contributed by atoms with Gasteiger partial charge in [-0.15, -0.1) is 0 Å². The predicted octanol–water partition coefficient (Wildman–Crippen LogP) is 7.27. The molecular weight excluding hydrogens is 604 g/mol. The van der Waals surface area contributed by atoms with Gasteiger partial charge < -0.3 is 13.9 Å². The van der Waals surface area contributed by atoms with Gasteiger partial charge in [0.05, 0.1) is 17.0 Å². The molecular formula is C28H30Br2N2O5. The molecule has 2 aromatic carbocycles. The molecule has 1 amide bonds. The molecule has 1 heterocycles. The average molecular weight is 634 g/mol. The van der Waals surface area contributed by atoms with Crippen LogP contribution in [0.2, 0.25) is 0 Å². The van der Waals surface area contributed by atoms with Gasteiger partial charge in [0.2, 0.25) is 5.76 Å². The van der Waals surface area contributed by atoms with Crippen molar-refractivity contribution in [3.63, 3.8) is 0 Å². The van der Waals surface area contributed by atoms with Crippen molar-refractivity contribution in [3.05, 3.63) is 80.6 Å². The first-order valence-electron chi connectivity index (χ1n) is 11.6. The number of hydrazone groups is 1. The van der Waals surface area contributed by atoms with Gasteiger partial charge in [0.25, 0.3) is 5.91 Å². The molecule has 0 radical (unpaired) electrons. The highest BCUT2D eigenvalue weighted by molar-refractivity contribution is 9.11. The normalized spacial score (nSPS) is 12.0. The standard InChI is InChI=1S/C28H30Br2N2O5/c1-27(2,3)17-28(4,5)19-8-10-21(11-9-19)36-16-24(33)32-31-15-18-13-20(29)14-22(30)25(18)37-26(34)23-7-6-12-35-23/h6-15H,16-17H2,1-5H3,(H,32,33)/b31-15+. The third-order valence-electron chi connectivity index (χ3n) is 5.33. The molecule has 1 aromatic heterocycles. The van der Waals surface area contributed by atoms with E-state index < -0.39 is 11.9 Å². The summed E-state index contributed by atoms with van der Waals surface area (Å²) < 4.78 is 17.4. The van der Waals surface area contributed by atoms with E-state index in [-0.39, 0.29) is 28.9 Å². The summed E-state index contributed by atoms with van der Waals surface area (Å²) in [5.74, 6) is -0.204. The molecule has 0 fully saturated rings. The first-order chi connectivity index (χ1) is 17.3. The van der Waals surface area contributed by atoms with Gasteiger partial charge in [0.15, 0.2) is 12.4 Å². The summed E-state index contributed by atoms with van der Waals surface area (Å²) in [6.07, 6.45) is 3.80. The summed E-state index contributed by atoms with van der Waals surface area (Å²) in [4.78, 5) is 24.6. The number of amides is 1. The first-order valence-corrected chi connectivity index (χ1v) is 13.2. The second-order valence-electron chi connectivity index (χ2n) is 10.4. The molecule has 0 aliphatic carbocycles. The number of benzene rings is 2. The van der Waals surface area contributed by atoms with Gasteiger partial charge in [-0.2, -0.15) is 5.10 Å². The summed E-state index contributed by atoms with van der Waals surface area (Å²) in [6.45, 7) is 11.0. The Morgan fingerprint density at radius 2 is 1.76 bits per heavy atom. The largest absolute Gasteiger partial charge is 0.484 e. The van der Waals surface area contributed by atoms with Crippen LogP contribution in [0.5, 0.6) is 11.5 Å². The van der Waals surface area contributed by atoms with Crippen molar-refractivity contribution >= 4 is 50.0 Å². The predicted molar refractivity (Wildman–Crippen MR) is 150 cm³/mol. The van der Waals surface area contributed by atoms with Crippen LogP contribution in [0.3, 0.4) is 0 Å². The van der Waals surface area contributed by atoms with Crippen LogP contribution < -0.4 is 14.9 Å². The maximum atomic E-state index is 12.3. The lowest BCUT2D eigenvalue weighted by molar-refractivity contribution is -0.123. The van der Waals surface area contributed by atoms with Crippen molar-refractivity contribution in [1.29, 1.82) is 0 Å². The van der Waals surface area contributed by atoms with E-state index in [0.29, 0.717) is 15.8 Å². The Balaban J connectivity index is 1.58. The third-order valence-corrected chi connectivity index (χ3v) is 6.37. The van der Waals surface area contributed by atoms with Gasteiger partial charge in [-0.05, 0) is 75.1 Å². The monoisotopic (exact) mass is 632 g/mol. The van der Waals surface area contributed by atoms with E-state index in [1.807, 2.05) is 24.3 Å². The van der Waals surface area contributed by atoms with Crippen LogP contribution in [0.1, 0.15) is 62.7 Å². The van der Waals surface area contributed by atoms with E-state index in [2.05, 4.69) is 77.0 Å². The summed E-state index contributed by atoms with van der Waals surface area (Å²) in [6, 6.07) is 14.3. The molecule has 0 aliphatic heterocycles. The Hall–Kier alpha value is -2.91.